The van der Waals surface area contributed by atoms with E-state index in [1.807, 2.05) is 120 Å². The highest BCUT2D eigenvalue weighted by atomic mass is 16.5. The van der Waals surface area contributed by atoms with Crippen LogP contribution in [0.15, 0.2) is 122 Å². The largest absolute Gasteiger partial charge is 0.453 e. The van der Waals surface area contributed by atoms with Crippen LogP contribution in [0.4, 0.5) is 9.59 Å². The zero-order valence-electron chi connectivity index (χ0n) is 32.2. The highest BCUT2D eigenvalue weighted by Crippen LogP contribution is 2.35. The lowest BCUT2D eigenvalue weighted by molar-refractivity contribution is -0.134. The second-order valence-corrected chi connectivity index (χ2v) is 14.4. The number of amides is 4. The van der Waals surface area contributed by atoms with E-state index in [0.717, 1.165) is 70.7 Å². The molecule has 2 aromatic heterocycles. The van der Waals surface area contributed by atoms with Crippen molar-refractivity contribution < 1.29 is 19.1 Å². The summed E-state index contributed by atoms with van der Waals surface area (Å²) in [5.41, 5.74) is 7.17. The Morgan fingerprint density at radius 1 is 0.724 bits per heavy atom. The van der Waals surface area contributed by atoms with Crippen LogP contribution in [0.2, 0.25) is 0 Å². The van der Waals surface area contributed by atoms with Crippen molar-refractivity contribution in [1.29, 1.82) is 0 Å². The summed E-state index contributed by atoms with van der Waals surface area (Å²) in [6.07, 6.45) is 6.32. The molecule has 0 saturated carbocycles. The first-order valence-corrected chi connectivity index (χ1v) is 19.5. The first kappa shape index (κ1) is 37.8. The van der Waals surface area contributed by atoms with E-state index in [1.54, 1.807) is 11.1 Å². The minimum absolute atomic E-state index is 0.0796. The molecule has 0 unspecified atom stereocenters. The predicted molar refractivity (Wildman–Crippen MR) is 220 cm³/mol. The highest BCUT2D eigenvalue weighted by molar-refractivity contribution is 5.87. The molecule has 0 radical (unpaired) electrons. The molecule has 2 aliphatic rings. The lowest BCUT2D eigenvalue weighted by Gasteiger charge is -2.28. The molecule has 6 aromatic rings. The van der Waals surface area contributed by atoms with Gasteiger partial charge in [-0.2, -0.15) is 0 Å². The number of likely N-dealkylation sites (tertiary alicyclic amines) is 2. The smallest absolute Gasteiger partial charge is 0.407 e. The third-order valence-electron chi connectivity index (χ3n) is 10.7. The van der Waals surface area contributed by atoms with E-state index in [2.05, 4.69) is 42.4 Å². The molecule has 12 nitrogen and oxygen atoms in total. The first-order chi connectivity index (χ1) is 28.4. The van der Waals surface area contributed by atoms with Crippen LogP contribution in [0.5, 0.6) is 0 Å². The summed E-state index contributed by atoms with van der Waals surface area (Å²) in [5.74, 6) is 7.81. The predicted octanol–water partition coefficient (Wildman–Crippen LogP) is 7.67. The molecule has 4 heterocycles. The third kappa shape index (κ3) is 8.49. The Kier molecular flexibility index (Phi) is 11.3. The zero-order chi connectivity index (χ0) is 39.8. The maximum Gasteiger partial charge on any atom is 0.407 e. The number of hydrogen-bond donors (Lipinski definition) is 4. The maximum absolute atomic E-state index is 13.9. The normalized spacial score (nSPS) is 16.6. The molecule has 3 atom stereocenters. The SMILES string of the molecule is COC(=O)N[C@@H](C(=O)N1CCC[C@H]1c1ncc(-c2ccc(C#Cc3ccc(-c4cnc([C@@H]5CCCN5C(=O)NCc5ccccc5)[nH]4)cc3)cc2)[nH]1)c1ccccc1. The van der Waals surface area contributed by atoms with Crippen LogP contribution in [-0.2, 0) is 16.1 Å². The molecule has 8 rings (SSSR count). The van der Waals surface area contributed by atoms with Gasteiger partial charge in [0.2, 0.25) is 0 Å². The van der Waals surface area contributed by atoms with E-state index < -0.39 is 12.1 Å². The summed E-state index contributed by atoms with van der Waals surface area (Å²) in [6.45, 7) is 1.74. The van der Waals surface area contributed by atoms with Crippen molar-refractivity contribution >= 4 is 18.0 Å². The van der Waals surface area contributed by atoms with E-state index in [9.17, 15) is 14.4 Å². The number of alkyl carbamates (subject to hydrolysis) is 1. The number of hydrogen-bond acceptors (Lipinski definition) is 6. The Bertz CT molecular complexity index is 2420. The average molecular weight is 773 g/mol. The van der Waals surface area contributed by atoms with E-state index in [1.165, 1.54) is 7.11 Å². The molecule has 2 fully saturated rings. The van der Waals surface area contributed by atoms with Gasteiger partial charge in [0.05, 0.1) is 43.0 Å². The Morgan fingerprint density at radius 3 is 1.79 bits per heavy atom. The quantitative estimate of drug-likeness (QED) is 0.111. The van der Waals surface area contributed by atoms with Gasteiger partial charge in [0, 0.05) is 30.8 Å². The fourth-order valence-electron chi connectivity index (χ4n) is 7.68. The van der Waals surface area contributed by atoms with Gasteiger partial charge in [-0.1, -0.05) is 96.8 Å². The van der Waals surface area contributed by atoms with Crippen LogP contribution in [0.3, 0.4) is 0 Å². The molecule has 4 amide bonds. The van der Waals surface area contributed by atoms with Gasteiger partial charge in [0.15, 0.2) is 0 Å². The standard InChI is InChI=1S/C46H44N8O4/c1-58-46(57)52-41(36-12-6-3-7-13-36)44(55)53-26-8-14-39(53)42-47-29-37(50-42)34-22-18-31(19-23-34)16-17-32-20-24-35(25-21-32)38-30-48-43(51-38)40-15-9-27-54(40)45(56)49-28-33-10-4-2-5-11-33/h2-7,10-13,18-25,29-30,39-41H,8-9,14-15,26-28H2,1H3,(H,47,50)(H,48,51)(H,49,56)(H,52,57)/t39-,40-,41+/m0/s1. The van der Waals surface area contributed by atoms with Gasteiger partial charge in [-0.3, -0.25) is 4.79 Å². The van der Waals surface area contributed by atoms with Crippen molar-refractivity contribution in [3.63, 3.8) is 0 Å². The number of carbonyl (C=O) groups is 3. The Morgan fingerprint density at radius 2 is 1.24 bits per heavy atom. The second kappa shape index (κ2) is 17.3. The van der Waals surface area contributed by atoms with Gasteiger partial charge in [-0.05, 0) is 72.2 Å². The van der Waals surface area contributed by atoms with Crippen molar-refractivity contribution in [1.82, 2.24) is 40.4 Å². The van der Waals surface area contributed by atoms with E-state index in [-0.39, 0.29) is 24.0 Å². The maximum atomic E-state index is 13.9. The number of benzene rings is 4. The van der Waals surface area contributed by atoms with Gasteiger partial charge in [-0.25, -0.2) is 19.6 Å². The second-order valence-electron chi connectivity index (χ2n) is 14.4. The van der Waals surface area contributed by atoms with Crippen LogP contribution in [0, 0.1) is 11.8 Å². The summed E-state index contributed by atoms with van der Waals surface area (Å²) in [4.78, 5) is 59.0. The molecule has 0 spiro atoms. The van der Waals surface area contributed by atoms with Gasteiger partial charge in [0.1, 0.15) is 17.7 Å². The number of aromatic amines is 2. The summed E-state index contributed by atoms with van der Waals surface area (Å²) in [5, 5.41) is 5.76. The number of rotatable bonds is 9. The van der Waals surface area contributed by atoms with Gasteiger partial charge >= 0.3 is 12.1 Å². The monoisotopic (exact) mass is 772 g/mol. The van der Waals surface area contributed by atoms with Crippen LogP contribution < -0.4 is 10.6 Å². The number of carbonyl (C=O) groups excluding carboxylic acids is 3. The molecular weight excluding hydrogens is 729 g/mol. The topological polar surface area (TPSA) is 148 Å². The summed E-state index contributed by atoms with van der Waals surface area (Å²) < 4.78 is 4.82. The summed E-state index contributed by atoms with van der Waals surface area (Å²) in [7, 11) is 1.28. The fraction of sp³-hybridized carbons (Fsp3) is 0.239. The van der Waals surface area contributed by atoms with Crippen molar-refractivity contribution in [2.24, 2.45) is 0 Å². The lowest BCUT2D eigenvalue weighted by atomic mass is 10.1. The molecule has 12 heteroatoms. The molecule has 4 N–H and O–H groups in total. The average Bonchev–Trinajstić information content (AvgIpc) is 4.12. The van der Waals surface area contributed by atoms with Crippen molar-refractivity contribution in [2.75, 3.05) is 20.2 Å². The number of aromatic nitrogens is 4. The Balaban J connectivity index is 0.883. The van der Waals surface area contributed by atoms with E-state index in [0.29, 0.717) is 31.0 Å². The number of H-pyrrole nitrogens is 2. The molecule has 2 aliphatic heterocycles. The Hall–Kier alpha value is -7.13. The van der Waals surface area contributed by atoms with Crippen LogP contribution in [-0.4, -0.2) is 68.0 Å². The molecule has 2 saturated heterocycles. The molecule has 0 aliphatic carbocycles. The number of ether oxygens (including phenoxy) is 1. The first-order valence-electron chi connectivity index (χ1n) is 19.5. The van der Waals surface area contributed by atoms with E-state index >= 15 is 0 Å². The van der Waals surface area contributed by atoms with Crippen LogP contribution >= 0.6 is 0 Å². The number of imidazole rings is 2. The Labute approximate surface area is 337 Å². The summed E-state index contributed by atoms with van der Waals surface area (Å²) >= 11 is 0. The number of nitrogens with zero attached hydrogens (tertiary/aromatic N) is 4. The minimum atomic E-state index is -0.874. The fourth-order valence-corrected chi connectivity index (χ4v) is 7.68. The van der Waals surface area contributed by atoms with Crippen molar-refractivity contribution in [3.8, 4) is 34.4 Å². The number of urea groups is 1. The van der Waals surface area contributed by atoms with Crippen molar-refractivity contribution in [3.05, 3.63) is 155 Å². The van der Waals surface area contributed by atoms with Crippen LogP contribution in [0.1, 0.15) is 77.7 Å². The van der Waals surface area contributed by atoms with Gasteiger partial charge in [0.25, 0.3) is 5.91 Å². The lowest BCUT2D eigenvalue weighted by Crippen LogP contribution is -2.42. The zero-order valence-corrected chi connectivity index (χ0v) is 32.2. The van der Waals surface area contributed by atoms with E-state index in [4.69, 9.17) is 4.74 Å². The molecule has 58 heavy (non-hydrogen) atoms. The molecule has 292 valence electrons. The number of methoxy groups -OCH3 is 1. The highest BCUT2D eigenvalue weighted by Gasteiger charge is 2.37. The minimum Gasteiger partial charge on any atom is -0.453 e. The van der Waals surface area contributed by atoms with Gasteiger partial charge < -0.3 is 35.1 Å². The van der Waals surface area contributed by atoms with Crippen LogP contribution in [0.25, 0.3) is 22.5 Å². The molecule has 0 bridgehead atoms. The summed E-state index contributed by atoms with van der Waals surface area (Å²) in [6, 6.07) is 33.8. The molecule has 4 aromatic carbocycles. The number of nitrogens with one attached hydrogen (secondary N) is 4. The third-order valence-corrected chi connectivity index (χ3v) is 10.7. The van der Waals surface area contributed by atoms with Gasteiger partial charge in [-0.15, -0.1) is 0 Å². The molecular formula is C46H44N8O4. The van der Waals surface area contributed by atoms with Crippen molar-refractivity contribution in [2.45, 2.75) is 50.4 Å².